The molecular weight excluding hydrogens is 337 g/mol. The van der Waals surface area contributed by atoms with Gasteiger partial charge in [0.1, 0.15) is 11.6 Å². The van der Waals surface area contributed by atoms with Gasteiger partial charge >= 0.3 is 0 Å². The molecule has 2 aromatic carbocycles. The van der Waals surface area contributed by atoms with Crippen molar-refractivity contribution in [2.75, 3.05) is 20.2 Å². The van der Waals surface area contributed by atoms with E-state index in [1.54, 1.807) is 12.1 Å². The van der Waals surface area contributed by atoms with Crippen LogP contribution in [-0.4, -0.2) is 20.2 Å². The highest BCUT2D eigenvalue weighted by molar-refractivity contribution is 5.85. The van der Waals surface area contributed by atoms with Crippen molar-refractivity contribution in [3.05, 3.63) is 42.2 Å². The van der Waals surface area contributed by atoms with Gasteiger partial charge in [0.05, 0.1) is 6.61 Å². The molecule has 0 bridgehead atoms. The first-order valence-corrected chi connectivity index (χ1v) is 9.26. The number of halogens is 2. The summed E-state index contributed by atoms with van der Waals surface area (Å²) in [5.41, 5.74) is 0. The zero-order chi connectivity index (χ0) is 17.0. The molecule has 0 saturated heterocycles. The molecule has 140 valence electrons. The van der Waals surface area contributed by atoms with Crippen molar-refractivity contribution in [1.82, 2.24) is 5.32 Å². The lowest BCUT2D eigenvalue weighted by molar-refractivity contribution is 0.304. The highest BCUT2D eigenvalue weighted by Gasteiger charge is 1.99. The number of hydrogen-bond acceptors (Lipinski definition) is 2. The highest BCUT2D eigenvalue weighted by atomic mass is 35.5. The molecule has 2 nitrogen and oxygen atoms in total. The second-order valence-corrected chi connectivity index (χ2v) is 6.43. The summed E-state index contributed by atoms with van der Waals surface area (Å²) in [5, 5.41) is 5.12. The van der Waals surface area contributed by atoms with Crippen molar-refractivity contribution in [1.29, 1.82) is 0 Å². The number of nitrogens with one attached hydrogen (secondary N) is 1. The average molecular weight is 368 g/mol. The lowest BCUT2D eigenvalue weighted by Gasteiger charge is -2.07. The minimum absolute atomic E-state index is 0. The van der Waals surface area contributed by atoms with Crippen LogP contribution in [0.2, 0.25) is 0 Å². The normalized spacial score (nSPS) is 10.6. The van der Waals surface area contributed by atoms with Crippen molar-refractivity contribution >= 4 is 23.2 Å². The first-order valence-electron chi connectivity index (χ1n) is 9.26. The van der Waals surface area contributed by atoms with Gasteiger partial charge in [-0.1, -0.05) is 50.7 Å². The summed E-state index contributed by atoms with van der Waals surface area (Å²) in [6.07, 6.45) is 10.3. The Hall–Kier alpha value is -1.32. The minimum Gasteiger partial charge on any atom is -0.494 e. The predicted octanol–water partition coefficient (Wildman–Crippen LogP) is 6.12. The van der Waals surface area contributed by atoms with E-state index in [2.05, 4.69) is 5.32 Å². The van der Waals surface area contributed by atoms with E-state index >= 15 is 0 Å². The maximum Gasteiger partial charge on any atom is 0.123 e. The van der Waals surface area contributed by atoms with E-state index in [0.717, 1.165) is 36.1 Å². The third-order valence-corrected chi connectivity index (χ3v) is 4.36. The van der Waals surface area contributed by atoms with Crippen LogP contribution in [0.5, 0.6) is 5.75 Å². The molecule has 0 fully saturated rings. The van der Waals surface area contributed by atoms with Crippen molar-refractivity contribution in [3.8, 4) is 5.75 Å². The maximum absolute atomic E-state index is 13.2. The average Bonchev–Trinajstić information content (AvgIpc) is 2.59. The van der Waals surface area contributed by atoms with Gasteiger partial charge < -0.3 is 10.1 Å². The SMILES string of the molecule is CNCCCCCCCCCCOc1ccc2cc(F)ccc2c1.Cl. The Kier molecular flexibility index (Phi) is 11.3. The zero-order valence-corrected chi connectivity index (χ0v) is 16.0. The molecule has 0 radical (unpaired) electrons. The Morgan fingerprint density at radius 1 is 0.800 bits per heavy atom. The van der Waals surface area contributed by atoms with Gasteiger partial charge in [0.2, 0.25) is 0 Å². The Morgan fingerprint density at radius 3 is 2.12 bits per heavy atom. The van der Waals surface area contributed by atoms with Crippen LogP contribution in [0.15, 0.2) is 36.4 Å². The molecule has 0 atom stereocenters. The van der Waals surface area contributed by atoms with Gasteiger partial charge in [-0.2, -0.15) is 0 Å². The van der Waals surface area contributed by atoms with E-state index in [-0.39, 0.29) is 18.2 Å². The molecule has 25 heavy (non-hydrogen) atoms. The molecule has 0 heterocycles. The fourth-order valence-electron chi connectivity index (χ4n) is 2.94. The number of unbranched alkanes of at least 4 members (excludes halogenated alkanes) is 7. The molecule has 0 aliphatic rings. The van der Waals surface area contributed by atoms with Gasteiger partial charge in [-0.25, -0.2) is 4.39 Å². The first-order chi connectivity index (χ1) is 11.8. The number of ether oxygens (including phenoxy) is 1. The molecule has 2 aromatic rings. The molecule has 0 aromatic heterocycles. The van der Waals surface area contributed by atoms with Gasteiger partial charge in [0.25, 0.3) is 0 Å². The van der Waals surface area contributed by atoms with Crippen LogP contribution < -0.4 is 10.1 Å². The molecular formula is C21H31ClFNO. The highest BCUT2D eigenvalue weighted by Crippen LogP contribution is 2.22. The predicted molar refractivity (Wildman–Crippen MR) is 108 cm³/mol. The summed E-state index contributed by atoms with van der Waals surface area (Å²) < 4.78 is 19.0. The van der Waals surface area contributed by atoms with Crippen LogP contribution in [-0.2, 0) is 0 Å². The fraction of sp³-hybridized carbons (Fsp3) is 0.524. The number of hydrogen-bond donors (Lipinski definition) is 1. The molecule has 0 aliphatic carbocycles. The second kappa shape index (κ2) is 13.0. The zero-order valence-electron chi connectivity index (χ0n) is 15.2. The number of rotatable bonds is 12. The molecule has 0 unspecified atom stereocenters. The largest absolute Gasteiger partial charge is 0.494 e. The van der Waals surface area contributed by atoms with Crippen LogP contribution in [0.3, 0.4) is 0 Å². The first kappa shape index (κ1) is 21.7. The number of fused-ring (bicyclic) bond motifs is 1. The molecule has 2 rings (SSSR count). The van der Waals surface area contributed by atoms with E-state index in [9.17, 15) is 4.39 Å². The topological polar surface area (TPSA) is 21.3 Å². The van der Waals surface area contributed by atoms with Crippen LogP contribution in [0.1, 0.15) is 51.4 Å². The molecule has 4 heteroatoms. The van der Waals surface area contributed by atoms with Crippen LogP contribution in [0.25, 0.3) is 10.8 Å². The Bertz CT molecular complexity index is 605. The van der Waals surface area contributed by atoms with Crippen LogP contribution in [0, 0.1) is 5.82 Å². The van der Waals surface area contributed by atoms with E-state index in [1.807, 2.05) is 25.2 Å². The van der Waals surface area contributed by atoms with E-state index in [1.165, 1.54) is 51.0 Å². The van der Waals surface area contributed by atoms with Gasteiger partial charge in [-0.15, -0.1) is 12.4 Å². The molecule has 0 spiro atoms. The summed E-state index contributed by atoms with van der Waals surface area (Å²) in [5.74, 6) is 0.678. The van der Waals surface area contributed by atoms with Crippen LogP contribution >= 0.6 is 12.4 Å². The minimum atomic E-state index is -0.196. The molecule has 0 amide bonds. The summed E-state index contributed by atoms with van der Waals surface area (Å²) >= 11 is 0. The van der Waals surface area contributed by atoms with Crippen LogP contribution in [0.4, 0.5) is 4.39 Å². The summed E-state index contributed by atoms with van der Waals surface area (Å²) in [7, 11) is 2.01. The van der Waals surface area contributed by atoms with Crippen molar-refractivity contribution in [3.63, 3.8) is 0 Å². The lowest BCUT2D eigenvalue weighted by Crippen LogP contribution is -2.06. The summed E-state index contributed by atoms with van der Waals surface area (Å²) in [6.45, 7) is 1.90. The van der Waals surface area contributed by atoms with E-state index in [0.29, 0.717) is 0 Å². The quantitative estimate of drug-likeness (QED) is 0.456. The monoisotopic (exact) mass is 367 g/mol. The third-order valence-electron chi connectivity index (χ3n) is 4.36. The molecule has 1 N–H and O–H groups in total. The van der Waals surface area contributed by atoms with Crippen molar-refractivity contribution in [2.45, 2.75) is 51.4 Å². The third kappa shape index (κ3) is 8.55. The maximum atomic E-state index is 13.2. The Labute approximate surface area is 157 Å². The summed E-state index contributed by atoms with van der Waals surface area (Å²) in [6, 6.07) is 10.7. The van der Waals surface area contributed by atoms with Crippen molar-refractivity contribution < 1.29 is 9.13 Å². The van der Waals surface area contributed by atoms with Crippen molar-refractivity contribution in [2.24, 2.45) is 0 Å². The number of benzene rings is 2. The fourth-order valence-corrected chi connectivity index (χ4v) is 2.94. The Balaban J connectivity index is 0.00000312. The van der Waals surface area contributed by atoms with Gasteiger partial charge in [-0.05, 0) is 61.5 Å². The standard InChI is InChI=1S/C21H30FNO.ClH/c1-23-14-8-6-4-2-3-5-7-9-15-24-21-13-11-18-16-20(22)12-10-19(18)17-21;/h10-13,16-17,23H,2-9,14-15H2,1H3;1H. The van der Waals surface area contributed by atoms with E-state index in [4.69, 9.17) is 4.74 Å². The second-order valence-electron chi connectivity index (χ2n) is 6.43. The van der Waals surface area contributed by atoms with Gasteiger partial charge in [0.15, 0.2) is 0 Å². The van der Waals surface area contributed by atoms with Gasteiger partial charge in [0, 0.05) is 0 Å². The molecule has 0 saturated carbocycles. The van der Waals surface area contributed by atoms with E-state index < -0.39 is 0 Å². The van der Waals surface area contributed by atoms with Gasteiger partial charge in [-0.3, -0.25) is 0 Å². The lowest BCUT2D eigenvalue weighted by atomic mass is 10.1. The summed E-state index contributed by atoms with van der Waals surface area (Å²) in [4.78, 5) is 0. The smallest absolute Gasteiger partial charge is 0.123 e. The molecule has 0 aliphatic heterocycles. The Morgan fingerprint density at radius 2 is 1.40 bits per heavy atom.